The molecule has 1 saturated heterocycles. The van der Waals surface area contributed by atoms with Gasteiger partial charge in [0.25, 0.3) is 5.91 Å². The molecule has 7 nitrogen and oxygen atoms in total. The third-order valence-electron chi connectivity index (χ3n) is 5.52. The predicted octanol–water partition coefficient (Wildman–Crippen LogP) is 3.46. The van der Waals surface area contributed by atoms with Crippen molar-refractivity contribution in [1.82, 2.24) is 15.4 Å². The van der Waals surface area contributed by atoms with Crippen LogP contribution in [0, 0.1) is 6.92 Å². The number of methoxy groups -OCH3 is 1. The van der Waals surface area contributed by atoms with E-state index in [1.165, 1.54) is 11.1 Å². The van der Waals surface area contributed by atoms with Crippen molar-refractivity contribution in [3.8, 4) is 17.1 Å². The second-order valence-corrected chi connectivity index (χ2v) is 7.59. The Labute approximate surface area is 181 Å². The van der Waals surface area contributed by atoms with Gasteiger partial charge in [-0.3, -0.25) is 9.69 Å². The van der Waals surface area contributed by atoms with Crippen molar-refractivity contribution in [3.05, 3.63) is 71.4 Å². The van der Waals surface area contributed by atoms with Crippen LogP contribution in [0.5, 0.6) is 5.75 Å². The van der Waals surface area contributed by atoms with E-state index >= 15 is 0 Å². The number of carbonyl (C=O) groups excluding carboxylic acids is 1. The third kappa shape index (κ3) is 5.13. The van der Waals surface area contributed by atoms with Crippen LogP contribution in [0.25, 0.3) is 11.3 Å². The molecule has 1 fully saturated rings. The van der Waals surface area contributed by atoms with Crippen LogP contribution < -0.4 is 10.1 Å². The van der Waals surface area contributed by atoms with Crippen LogP contribution in [0.2, 0.25) is 0 Å². The van der Waals surface area contributed by atoms with Gasteiger partial charge >= 0.3 is 0 Å². The van der Waals surface area contributed by atoms with E-state index in [2.05, 4.69) is 46.6 Å². The monoisotopic (exact) mass is 421 g/mol. The molecule has 2 aromatic carbocycles. The summed E-state index contributed by atoms with van der Waals surface area (Å²) in [5.41, 5.74) is 3.47. The molecule has 0 saturated carbocycles. The Balaban J connectivity index is 1.44. The lowest BCUT2D eigenvalue weighted by molar-refractivity contribution is 0.0162. The van der Waals surface area contributed by atoms with Gasteiger partial charge in [-0.05, 0) is 36.8 Å². The normalized spacial score (nSPS) is 15.4. The molecule has 7 heteroatoms. The summed E-state index contributed by atoms with van der Waals surface area (Å²) >= 11 is 0. The molecule has 1 aromatic heterocycles. The molecule has 162 valence electrons. The molecule has 1 aliphatic rings. The summed E-state index contributed by atoms with van der Waals surface area (Å²) in [6.45, 7) is 5.61. The van der Waals surface area contributed by atoms with Gasteiger partial charge in [0.05, 0.1) is 26.4 Å². The van der Waals surface area contributed by atoms with Crippen molar-refractivity contribution in [3.63, 3.8) is 0 Å². The fraction of sp³-hybridized carbons (Fsp3) is 0.333. The molecular weight excluding hydrogens is 394 g/mol. The highest BCUT2D eigenvalue weighted by Gasteiger charge is 2.24. The lowest BCUT2D eigenvalue weighted by Gasteiger charge is -2.35. The summed E-state index contributed by atoms with van der Waals surface area (Å²) < 4.78 is 16.1. The Morgan fingerprint density at radius 1 is 1.13 bits per heavy atom. The van der Waals surface area contributed by atoms with E-state index in [4.69, 9.17) is 14.0 Å². The second kappa shape index (κ2) is 9.76. The van der Waals surface area contributed by atoms with Gasteiger partial charge in [0.15, 0.2) is 11.5 Å². The first kappa shape index (κ1) is 21.1. The topological polar surface area (TPSA) is 76.8 Å². The Hall–Kier alpha value is -3.16. The fourth-order valence-electron chi connectivity index (χ4n) is 3.69. The van der Waals surface area contributed by atoms with E-state index in [0.717, 1.165) is 24.4 Å². The number of hydrogen-bond acceptors (Lipinski definition) is 6. The predicted molar refractivity (Wildman–Crippen MR) is 117 cm³/mol. The Morgan fingerprint density at radius 2 is 1.84 bits per heavy atom. The van der Waals surface area contributed by atoms with Gasteiger partial charge in [-0.2, -0.15) is 0 Å². The fourth-order valence-corrected chi connectivity index (χ4v) is 3.69. The Kier molecular flexibility index (Phi) is 6.64. The van der Waals surface area contributed by atoms with E-state index < -0.39 is 0 Å². The molecule has 2 heterocycles. The highest BCUT2D eigenvalue weighted by atomic mass is 16.5. The SMILES string of the molecule is COc1ccc(-c2cc(C(=O)NCC(c3ccc(C)cc3)N3CCOCC3)no2)cc1. The highest BCUT2D eigenvalue weighted by molar-refractivity contribution is 5.93. The number of carbonyl (C=O) groups is 1. The molecule has 1 unspecified atom stereocenters. The number of hydrogen-bond donors (Lipinski definition) is 1. The van der Waals surface area contributed by atoms with Gasteiger partial charge in [0.2, 0.25) is 0 Å². The largest absolute Gasteiger partial charge is 0.497 e. The van der Waals surface area contributed by atoms with Crippen molar-refractivity contribution in [2.24, 2.45) is 0 Å². The molecule has 0 aliphatic carbocycles. The zero-order valence-electron chi connectivity index (χ0n) is 17.8. The van der Waals surface area contributed by atoms with E-state index in [1.807, 2.05) is 24.3 Å². The number of morpholine rings is 1. The first-order chi connectivity index (χ1) is 15.1. The lowest BCUT2D eigenvalue weighted by Crippen LogP contribution is -2.43. The lowest BCUT2D eigenvalue weighted by atomic mass is 10.0. The van der Waals surface area contributed by atoms with Crippen molar-refractivity contribution >= 4 is 5.91 Å². The molecule has 1 N–H and O–H groups in total. The zero-order valence-corrected chi connectivity index (χ0v) is 17.8. The molecule has 3 aromatic rings. The van der Waals surface area contributed by atoms with E-state index in [1.54, 1.807) is 13.2 Å². The van der Waals surface area contributed by atoms with Gasteiger partial charge in [-0.1, -0.05) is 35.0 Å². The van der Waals surface area contributed by atoms with Gasteiger partial charge in [-0.25, -0.2) is 0 Å². The average Bonchev–Trinajstić information content (AvgIpc) is 3.31. The Morgan fingerprint density at radius 3 is 2.52 bits per heavy atom. The van der Waals surface area contributed by atoms with Gasteiger partial charge < -0.3 is 19.3 Å². The van der Waals surface area contributed by atoms with Gasteiger partial charge in [0, 0.05) is 31.3 Å². The number of nitrogens with zero attached hydrogens (tertiary/aromatic N) is 2. The molecule has 31 heavy (non-hydrogen) atoms. The van der Waals surface area contributed by atoms with E-state index in [9.17, 15) is 4.79 Å². The quantitative estimate of drug-likeness (QED) is 0.630. The van der Waals surface area contributed by atoms with Crippen molar-refractivity contribution in [2.45, 2.75) is 13.0 Å². The van der Waals surface area contributed by atoms with E-state index in [0.29, 0.717) is 25.5 Å². The van der Waals surface area contributed by atoms with Gasteiger partial charge in [-0.15, -0.1) is 0 Å². The third-order valence-corrected chi connectivity index (χ3v) is 5.52. The molecular formula is C24H27N3O4. The highest BCUT2D eigenvalue weighted by Crippen LogP contribution is 2.24. The summed E-state index contributed by atoms with van der Waals surface area (Å²) in [7, 11) is 1.62. The maximum atomic E-state index is 12.8. The molecule has 4 rings (SSSR count). The molecule has 1 atom stereocenters. The minimum atomic E-state index is -0.256. The van der Waals surface area contributed by atoms with Gasteiger partial charge in [0.1, 0.15) is 5.75 Å². The standard InChI is InChI=1S/C24H27N3O4/c1-17-3-5-18(6-4-17)22(27-11-13-30-14-12-27)16-25-24(28)21-15-23(31-26-21)19-7-9-20(29-2)10-8-19/h3-10,15,22H,11-14,16H2,1-2H3,(H,25,28). The summed E-state index contributed by atoms with van der Waals surface area (Å²) in [5, 5.41) is 6.99. The number of ether oxygens (including phenoxy) is 2. The Bertz CT molecular complexity index is 992. The smallest absolute Gasteiger partial charge is 0.273 e. The summed E-state index contributed by atoms with van der Waals surface area (Å²) in [6.07, 6.45) is 0. The van der Waals surface area contributed by atoms with Crippen LogP contribution in [-0.4, -0.2) is 55.9 Å². The minimum Gasteiger partial charge on any atom is -0.497 e. The molecule has 1 amide bonds. The van der Waals surface area contributed by atoms with Crippen molar-refractivity contribution in [2.75, 3.05) is 40.0 Å². The van der Waals surface area contributed by atoms with Crippen LogP contribution in [0.1, 0.15) is 27.7 Å². The van der Waals surface area contributed by atoms with Crippen molar-refractivity contribution < 1.29 is 18.8 Å². The van der Waals surface area contributed by atoms with E-state index in [-0.39, 0.29) is 17.6 Å². The maximum absolute atomic E-state index is 12.8. The minimum absolute atomic E-state index is 0.0707. The molecule has 1 aliphatic heterocycles. The number of nitrogens with one attached hydrogen (secondary N) is 1. The van der Waals surface area contributed by atoms with Crippen molar-refractivity contribution in [1.29, 1.82) is 0 Å². The van der Waals surface area contributed by atoms with Crippen LogP contribution in [-0.2, 0) is 4.74 Å². The second-order valence-electron chi connectivity index (χ2n) is 7.59. The number of rotatable bonds is 7. The maximum Gasteiger partial charge on any atom is 0.273 e. The molecule has 0 radical (unpaired) electrons. The number of benzene rings is 2. The number of aryl methyl sites for hydroxylation is 1. The first-order valence-corrected chi connectivity index (χ1v) is 10.4. The van der Waals surface area contributed by atoms with Crippen LogP contribution in [0.15, 0.2) is 59.1 Å². The van der Waals surface area contributed by atoms with Crippen LogP contribution in [0.3, 0.4) is 0 Å². The van der Waals surface area contributed by atoms with Crippen LogP contribution >= 0.6 is 0 Å². The summed E-state index contributed by atoms with van der Waals surface area (Å²) in [6, 6.07) is 17.6. The summed E-state index contributed by atoms with van der Waals surface area (Å²) in [4.78, 5) is 15.1. The zero-order chi connectivity index (χ0) is 21.6. The first-order valence-electron chi connectivity index (χ1n) is 10.4. The molecule has 0 spiro atoms. The van der Waals surface area contributed by atoms with Crippen LogP contribution in [0.4, 0.5) is 0 Å². The molecule has 0 bridgehead atoms. The number of aromatic nitrogens is 1. The number of amides is 1. The average molecular weight is 421 g/mol. The summed E-state index contributed by atoms with van der Waals surface area (Å²) in [5.74, 6) is 1.04.